The molecule has 1 N–H and O–H groups in total. The lowest BCUT2D eigenvalue weighted by molar-refractivity contribution is -0.144. The standard InChI is InChI=1S/C14H27N3O4S/c1-11-7-17(8-12(2)21-11)14(18)10-16-6-4-5-13(9-16)15-22(3,19)20/h11-13,15H,4-10H2,1-3H3. The summed E-state index contributed by atoms with van der Waals surface area (Å²) in [5.74, 6) is 0.0991. The summed E-state index contributed by atoms with van der Waals surface area (Å²) in [6, 6.07) is -0.0981. The van der Waals surface area contributed by atoms with E-state index in [-0.39, 0.29) is 24.2 Å². The molecule has 8 heteroatoms. The first-order chi connectivity index (χ1) is 10.2. The van der Waals surface area contributed by atoms with Crippen LogP contribution in [-0.4, -0.2) is 81.4 Å². The Morgan fingerprint density at radius 2 is 1.86 bits per heavy atom. The lowest BCUT2D eigenvalue weighted by Gasteiger charge is -2.38. The Balaban J connectivity index is 1.85. The van der Waals surface area contributed by atoms with Gasteiger partial charge in [-0.3, -0.25) is 9.69 Å². The Bertz CT molecular complexity index is 486. The van der Waals surface area contributed by atoms with Gasteiger partial charge in [-0.2, -0.15) is 0 Å². The number of nitrogens with zero attached hydrogens (tertiary/aromatic N) is 2. The Morgan fingerprint density at radius 3 is 2.45 bits per heavy atom. The first-order valence-corrected chi connectivity index (χ1v) is 9.75. The molecule has 0 radical (unpaired) electrons. The van der Waals surface area contributed by atoms with Crippen molar-refractivity contribution < 1.29 is 17.9 Å². The fourth-order valence-electron chi connectivity index (χ4n) is 3.27. The summed E-state index contributed by atoms with van der Waals surface area (Å²) in [5, 5.41) is 0. The van der Waals surface area contributed by atoms with E-state index in [1.165, 1.54) is 6.26 Å². The minimum absolute atomic E-state index is 0.0636. The first-order valence-electron chi connectivity index (χ1n) is 7.86. The second-order valence-electron chi connectivity index (χ2n) is 6.52. The van der Waals surface area contributed by atoms with Crippen LogP contribution >= 0.6 is 0 Å². The summed E-state index contributed by atoms with van der Waals surface area (Å²) < 4.78 is 30.9. The molecule has 0 bridgehead atoms. The van der Waals surface area contributed by atoms with Crippen molar-refractivity contribution in [2.24, 2.45) is 0 Å². The molecule has 0 aromatic carbocycles. The molecule has 2 aliphatic rings. The Kier molecular flexibility index (Phi) is 5.81. The molecule has 0 aliphatic carbocycles. The lowest BCUT2D eigenvalue weighted by Crippen LogP contribution is -2.53. The highest BCUT2D eigenvalue weighted by Crippen LogP contribution is 2.14. The second-order valence-corrected chi connectivity index (χ2v) is 8.30. The molecule has 128 valence electrons. The maximum Gasteiger partial charge on any atom is 0.236 e. The number of amides is 1. The zero-order valence-electron chi connectivity index (χ0n) is 13.6. The number of likely N-dealkylation sites (tertiary alicyclic amines) is 1. The molecule has 2 aliphatic heterocycles. The highest BCUT2D eigenvalue weighted by atomic mass is 32.2. The number of morpholine rings is 1. The van der Waals surface area contributed by atoms with Crippen LogP contribution in [0.2, 0.25) is 0 Å². The quantitative estimate of drug-likeness (QED) is 0.760. The average molecular weight is 333 g/mol. The van der Waals surface area contributed by atoms with Gasteiger partial charge in [0.2, 0.25) is 15.9 Å². The third kappa shape index (κ3) is 5.49. The van der Waals surface area contributed by atoms with Crippen molar-refractivity contribution in [3.05, 3.63) is 0 Å². The molecule has 1 amide bonds. The number of sulfonamides is 1. The molecule has 0 aromatic heterocycles. The number of carbonyl (C=O) groups is 1. The summed E-state index contributed by atoms with van der Waals surface area (Å²) in [4.78, 5) is 16.3. The van der Waals surface area contributed by atoms with Crippen LogP contribution in [0.5, 0.6) is 0 Å². The molecule has 0 saturated carbocycles. The minimum atomic E-state index is -3.20. The monoisotopic (exact) mass is 333 g/mol. The van der Waals surface area contributed by atoms with E-state index in [0.29, 0.717) is 26.2 Å². The van der Waals surface area contributed by atoms with Crippen LogP contribution in [0.15, 0.2) is 0 Å². The fraction of sp³-hybridized carbons (Fsp3) is 0.929. The van der Waals surface area contributed by atoms with E-state index in [0.717, 1.165) is 19.4 Å². The zero-order chi connectivity index (χ0) is 16.3. The molecule has 3 atom stereocenters. The Labute approximate surface area is 133 Å². The average Bonchev–Trinajstić information content (AvgIpc) is 2.35. The molecule has 22 heavy (non-hydrogen) atoms. The maximum atomic E-state index is 12.4. The van der Waals surface area contributed by atoms with Gasteiger partial charge in [0.05, 0.1) is 25.0 Å². The smallest absolute Gasteiger partial charge is 0.236 e. The molecular formula is C14H27N3O4S. The fourth-order valence-corrected chi connectivity index (χ4v) is 4.07. The highest BCUT2D eigenvalue weighted by Gasteiger charge is 2.29. The SMILES string of the molecule is CC1CN(C(=O)CN2CCCC(NS(C)(=O)=O)C2)CC(C)O1. The van der Waals surface area contributed by atoms with Crippen molar-refractivity contribution in [1.82, 2.24) is 14.5 Å². The molecule has 2 saturated heterocycles. The second kappa shape index (κ2) is 7.25. The van der Waals surface area contributed by atoms with E-state index >= 15 is 0 Å². The van der Waals surface area contributed by atoms with Crippen molar-refractivity contribution >= 4 is 15.9 Å². The molecule has 3 unspecified atom stereocenters. The van der Waals surface area contributed by atoms with Crippen LogP contribution < -0.4 is 4.72 Å². The van der Waals surface area contributed by atoms with Crippen LogP contribution in [0, 0.1) is 0 Å². The summed E-state index contributed by atoms with van der Waals surface area (Å²) in [6.07, 6.45) is 3.02. The van der Waals surface area contributed by atoms with E-state index in [2.05, 4.69) is 4.72 Å². The van der Waals surface area contributed by atoms with Crippen molar-refractivity contribution in [2.75, 3.05) is 39.0 Å². The van der Waals surface area contributed by atoms with Crippen molar-refractivity contribution in [3.8, 4) is 0 Å². The van der Waals surface area contributed by atoms with Gasteiger partial charge in [-0.25, -0.2) is 13.1 Å². The van der Waals surface area contributed by atoms with Crippen LogP contribution in [0.25, 0.3) is 0 Å². The first kappa shape index (κ1) is 17.7. The largest absolute Gasteiger partial charge is 0.372 e. The van der Waals surface area contributed by atoms with Gasteiger partial charge < -0.3 is 9.64 Å². The highest BCUT2D eigenvalue weighted by molar-refractivity contribution is 7.88. The van der Waals surface area contributed by atoms with Gasteiger partial charge in [0, 0.05) is 25.7 Å². The van der Waals surface area contributed by atoms with E-state index in [1.54, 1.807) is 0 Å². The summed E-state index contributed by atoms with van der Waals surface area (Å²) in [5.41, 5.74) is 0. The Morgan fingerprint density at radius 1 is 1.23 bits per heavy atom. The normalized spacial score (nSPS) is 31.2. The number of carbonyl (C=O) groups excluding carboxylic acids is 1. The van der Waals surface area contributed by atoms with Crippen LogP contribution in [-0.2, 0) is 19.6 Å². The van der Waals surface area contributed by atoms with E-state index in [4.69, 9.17) is 4.74 Å². The van der Waals surface area contributed by atoms with Crippen molar-refractivity contribution in [3.63, 3.8) is 0 Å². The molecule has 2 heterocycles. The molecular weight excluding hydrogens is 306 g/mol. The van der Waals surface area contributed by atoms with Gasteiger partial charge in [-0.15, -0.1) is 0 Å². The zero-order valence-corrected chi connectivity index (χ0v) is 14.4. The van der Waals surface area contributed by atoms with Gasteiger partial charge >= 0.3 is 0 Å². The third-order valence-corrected chi connectivity index (χ3v) is 4.78. The topological polar surface area (TPSA) is 79.0 Å². The molecule has 0 aromatic rings. The third-order valence-electron chi connectivity index (χ3n) is 4.02. The van der Waals surface area contributed by atoms with Gasteiger partial charge in [0.25, 0.3) is 0 Å². The number of hydrogen-bond acceptors (Lipinski definition) is 5. The van der Waals surface area contributed by atoms with E-state index in [9.17, 15) is 13.2 Å². The Hall–Kier alpha value is -0.700. The van der Waals surface area contributed by atoms with E-state index in [1.807, 2.05) is 23.6 Å². The molecule has 7 nitrogen and oxygen atoms in total. The number of ether oxygens (including phenoxy) is 1. The summed E-state index contributed by atoms with van der Waals surface area (Å²) in [7, 11) is -3.20. The summed E-state index contributed by atoms with van der Waals surface area (Å²) in [6.45, 7) is 6.98. The molecule has 0 spiro atoms. The minimum Gasteiger partial charge on any atom is -0.372 e. The predicted molar refractivity (Wildman–Crippen MR) is 84.0 cm³/mol. The van der Waals surface area contributed by atoms with Gasteiger partial charge in [0.1, 0.15) is 0 Å². The number of rotatable bonds is 4. The maximum absolute atomic E-state index is 12.4. The number of hydrogen-bond donors (Lipinski definition) is 1. The van der Waals surface area contributed by atoms with Crippen LogP contribution in [0.1, 0.15) is 26.7 Å². The number of piperidine rings is 1. The van der Waals surface area contributed by atoms with Crippen LogP contribution in [0.3, 0.4) is 0 Å². The lowest BCUT2D eigenvalue weighted by atomic mass is 10.1. The van der Waals surface area contributed by atoms with Crippen molar-refractivity contribution in [1.29, 1.82) is 0 Å². The van der Waals surface area contributed by atoms with Crippen molar-refractivity contribution in [2.45, 2.75) is 44.9 Å². The predicted octanol–water partition coefficient (Wildman–Crippen LogP) is -0.364. The van der Waals surface area contributed by atoms with Gasteiger partial charge in [-0.1, -0.05) is 0 Å². The molecule has 2 fully saturated rings. The van der Waals surface area contributed by atoms with Gasteiger partial charge in [0.15, 0.2) is 0 Å². The van der Waals surface area contributed by atoms with Gasteiger partial charge in [-0.05, 0) is 33.2 Å². The van der Waals surface area contributed by atoms with E-state index < -0.39 is 10.0 Å². The van der Waals surface area contributed by atoms with Crippen LogP contribution in [0.4, 0.5) is 0 Å². The molecule has 2 rings (SSSR count). The number of nitrogens with one attached hydrogen (secondary N) is 1. The summed E-state index contributed by atoms with van der Waals surface area (Å²) >= 11 is 0.